The van der Waals surface area contributed by atoms with Gasteiger partial charge < -0.3 is 14.4 Å². The molecule has 2 aliphatic heterocycles. The SMILES string of the molecule is C=CCOC(=O)N1C[C@@H]2Cc3ccccc3[C@H](C1)N2C(=O)OCC1c2ccccc2-c2ccccc21. The first-order valence-corrected chi connectivity index (χ1v) is 12.4. The van der Waals surface area contributed by atoms with Crippen LogP contribution in [0.15, 0.2) is 85.5 Å². The van der Waals surface area contributed by atoms with Gasteiger partial charge in [-0.3, -0.25) is 4.90 Å². The van der Waals surface area contributed by atoms with Crippen molar-refractivity contribution in [2.75, 3.05) is 26.3 Å². The van der Waals surface area contributed by atoms with Crippen molar-refractivity contribution in [1.29, 1.82) is 0 Å². The summed E-state index contributed by atoms with van der Waals surface area (Å²) in [6.07, 6.45) is 1.51. The van der Waals surface area contributed by atoms with E-state index in [2.05, 4.69) is 36.9 Å². The van der Waals surface area contributed by atoms with E-state index in [1.54, 1.807) is 11.0 Å². The largest absolute Gasteiger partial charge is 0.448 e. The van der Waals surface area contributed by atoms with E-state index in [1.807, 2.05) is 47.4 Å². The summed E-state index contributed by atoms with van der Waals surface area (Å²) in [5, 5.41) is 0. The number of hydrogen-bond donors (Lipinski definition) is 0. The fourth-order valence-electron chi connectivity index (χ4n) is 5.99. The summed E-state index contributed by atoms with van der Waals surface area (Å²) >= 11 is 0. The van der Waals surface area contributed by atoms with Gasteiger partial charge in [0.05, 0.1) is 12.1 Å². The summed E-state index contributed by atoms with van der Waals surface area (Å²) in [6, 6.07) is 24.3. The molecule has 3 aromatic carbocycles. The summed E-state index contributed by atoms with van der Waals surface area (Å²) in [4.78, 5) is 29.8. The van der Waals surface area contributed by atoms with Gasteiger partial charge in [-0.15, -0.1) is 0 Å². The van der Waals surface area contributed by atoms with Gasteiger partial charge in [-0.2, -0.15) is 0 Å². The highest BCUT2D eigenvalue weighted by Gasteiger charge is 2.45. The first-order chi connectivity index (χ1) is 17.7. The molecule has 3 aliphatic rings. The fraction of sp³-hybridized carbons (Fsp3) is 0.267. The van der Waals surface area contributed by atoms with Gasteiger partial charge >= 0.3 is 12.2 Å². The van der Waals surface area contributed by atoms with Gasteiger partial charge in [0.15, 0.2) is 0 Å². The van der Waals surface area contributed by atoms with E-state index in [1.165, 1.54) is 27.8 Å². The van der Waals surface area contributed by atoms with E-state index in [9.17, 15) is 9.59 Å². The highest BCUT2D eigenvalue weighted by Crippen LogP contribution is 2.45. The van der Waals surface area contributed by atoms with Crippen LogP contribution in [0.25, 0.3) is 11.1 Å². The second-order valence-corrected chi connectivity index (χ2v) is 9.55. The van der Waals surface area contributed by atoms with Crippen molar-refractivity contribution < 1.29 is 19.1 Å². The van der Waals surface area contributed by atoms with Crippen molar-refractivity contribution >= 4 is 12.2 Å². The van der Waals surface area contributed by atoms with Crippen LogP contribution in [-0.2, 0) is 15.9 Å². The quantitative estimate of drug-likeness (QED) is 0.460. The molecule has 3 aromatic rings. The average molecular weight is 481 g/mol. The number of piperazine rings is 1. The van der Waals surface area contributed by atoms with Crippen LogP contribution >= 0.6 is 0 Å². The van der Waals surface area contributed by atoms with Gasteiger partial charge in [-0.05, 0) is 39.8 Å². The Morgan fingerprint density at radius 3 is 2.17 bits per heavy atom. The lowest BCUT2D eigenvalue weighted by atomic mass is 9.85. The van der Waals surface area contributed by atoms with Crippen LogP contribution < -0.4 is 0 Å². The standard InChI is InChI=1S/C30H28N2O4/c1-2-15-35-29(33)31-17-21-16-20-9-3-4-10-22(20)28(18-31)32(21)30(34)36-19-27-25-13-7-5-11-23(25)24-12-6-8-14-26(24)27/h2-14,21,27-28H,1,15-19H2/t21-,28-/m0/s1. The van der Waals surface area contributed by atoms with Gasteiger partial charge in [0.25, 0.3) is 0 Å². The van der Waals surface area contributed by atoms with E-state index in [0.29, 0.717) is 19.5 Å². The molecule has 6 nitrogen and oxygen atoms in total. The highest BCUT2D eigenvalue weighted by molar-refractivity contribution is 5.79. The minimum atomic E-state index is -0.378. The van der Waals surface area contributed by atoms with E-state index < -0.39 is 0 Å². The van der Waals surface area contributed by atoms with Crippen molar-refractivity contribution in [3.8, 4) is 11.1 Å². The van der Waals surface area contributed by atoms with Crippen LogP contribution in [-0.4, -0.2) is 54.3 Å². The number of carbonyl (C=O) groups is 2. The lowest BCUT2D eigenvalue weighted by Crippen LogP contribution is -2.60. The predicted octanol–water partition coefficient (Wildman–Crippen LogP) is 5.54. The third kappa shape index (κ3) is 3.73. The molecule has 1 saturated heterocycles. The molecular weight excluding hydrogens is 452 g/mol. The molecule has 182 valence electrons. The number of nitrogens with zero attached hydrogens (tertiary/aromatic N) is 2. The molecule has 0 saturated carbocycles. The average Bonchev–Trinajstić information content (AvgIpc) is 3.23. The Balaban J connectivity index is 1.24. The number of fused-ring (bicyclic) bond motifs is 7. The Bertz CT molecular complexity index is 1290. The molecule has 36 heavy (non-hydrogen) atoms. The summed E-state index contributed by atoms with van der Waals surface area (Å²) in [5.74, 6) is 0.00338. The molecule has 0 radical (unpaired) electrons. The maximum absolute atomic E-state index is 13.6. The maximum Gasteiger partial charge on any atom is 0.410 e. The molecule has 2 amide bonds. The zero-order chi connectivity index (χ0) is 24.6. The number of hydrogen-bond acceptors (Lipinski definition) is 4. The number of benzene rings is 3. The highest BCUT2D eigenvalue weighted by atomic mass is 16.6. The molecule has 1 fully saturated rings. The molecule has 1 aliphatic carbocycles. The molecule has 2 atom stereocenters. The van der Waals surface area contributed by atoms with Crippen LogP contribution in [0.3, 0.4) is 0 Å². The van der Waals surface area contributed by atoms with Crippen molar-refractivity contribution in [3.63, 3.8) is 0 Å². The number of rotatable bonds is 4. The minimum Gasteiger partial charge on any atom is -0.448 e. The smallest absolute Gasteiger partial charge is 0.410 e. The van der Waals surface area contributed by atoms with Gasteiger partial charge in [0, 0.05) is 19.0 Å². The zero-order valence-electron chi connectivity index (χ0n) is 20.0. The van der Waals surface area contributed by atoms with Gasteiger partial charge in [-0.1, -0.05) is 85.5 Å². The van der Waals surface area contributed by atoms with Crippen LogP contribution in [0.4, 0.5) is 9.59 Å². The summed E-state index contributed by atoms with van der Waals surface area (Å²) < 4.78 is 11.3. The predicted molar refractivity (Wildman–Crippen MR) is 137 cm³/mol. The van der Waals surface area contributed by atoms with Crippen LogP contribution in [0, 0.1) is 0 Å². The van der Waals surface area contributed by atoms with E-state index in [0.717, 1.165) is 5.56 Å². The molecule has 6 heteroatoms. The second kappa shape index (κ2) is 9.19. The van der Waals surface area contributed by atoms with Crippen molar-refractivity contribution in [3.05, 3.63) is 108 Å². The normalized spacial score (nSPS) is 19.7. The van der Waals surface area contributed by atoms with Crippen molar-refractivity contribution in [1.82, 2.24) is 9.80 Å². The molecule has 6 rings (SSSR count). The summed E-state index contributed by atoms with van der Waals surface area (Å²) in [5.41, 5.74) is 7.05. The minimum absolute atomic E-state index is 0.00338. The Morgan fingerprint density at radius 2 is 1.47 bits per heavy atom. The zero-order valence-corrected chi connectivity index (χ0v) is 20.0. The summed E-state index contributed by atoms with van der Waals surface area (Å²) in [6.45, 7) is 4.83. The van der Waals surface area contributed by atoms with Crippen LogP contribution in [0.1, 0.15) is 34.2 Å². The maximum atomic E-state index is 13.6. The third-order valence-electron chi connectivity index (χ3n) is 7.55. The third-order valence-corrected chi connectivity index (χ3v) is 7.55. The first kappa shape index (κ1) is 22.4. The number of ether oxygens (including phenoxy) is 2. The first-order valence-electron chi connectivity index (χ1n) is 12.4. The van der Waals surface area contributed by atoms with Gasteiger partial charge in [0.2, 0.25) is 0 Å². The van der Waals surface area contributed by atoms with Crippen molar-refractivity contribution in [2.24, 2.45) is 0 Å². The number of carbonyl (C=O) groups excluding carboxylic acids is 2. The fourth-order valence-corrected chi connectivity index (χ4v) is 5.99. The lowest BCUT2D eigenvalue weighted by Gasteiger charge is -2.49. The molecular formula is C30H28N2O4. The molecule has 0 aromatic heterocycles. The molecule has 0 N–H and O–H groups in total. The summed E-state index contributed by atoms with van der Waals surface area (Å²) in [7, 11) is 0. The van der Waals surface area contributed by atoms with Gasteiger partial charge in [-0.25, -0.2) is 9.59 Å². The van der Waals surface area contributed by atoms with E-state index in [4.69, 9.17) is 9.47 Å². The Labute approximate surface area is 210 Å². The molecule has 0 unspecified atom stereocenters. The molecule has 2 bridgehead atoms. The lowest BCUT2D eigenvalue weighted by molar-refractivity contribution is 0.00306. The topological polar surface area (TPSA) is 59.1 Å². The Morgan fingerprint density at radius 1 is 0.833 bits per heavy atom. The molecule has 2 heterocycles. The second-order valence-electron chi connectivity index (χ2n) is 9.55. The van der Waals surface area contributed by atoms with Gasteiger partial charge in [0.1, 0.15) is 13.2 Å². The Hall–Kier alpha value is -4.06. The van der Waals surface area contributed by atoms with E-state index >= 15 is 0 Å². The molecule has 0 spiro atoms. The Kier molecular flexibility index (Phi) is 5.72. The number of amides is 2. The van der Waals surface area contributed by atoms with Crippen LogP contribution in [0.5, 0.6) is 0 Å². The van der Waals surface area contributed by atoms with E-state index in [-0.39, 0.29) is 43.4 Å². The monoisotopic (exact) mass is 480 g/mol. The van der Waals surface area contributed by atoms with Crippen LogP contribution in [0.2, 0.25) is 0 Å². The van der Waals surface area contributed by atoms with Crippen molar-refractivity contribution in [2.45, 2.75) is 24.4 Å².